The van der Waals surface area contributed by atoms with Gasteiger partial charge < -0.3 is 25.2 Å². The van der Waals surface area contributed by atoms with E-state index in [4.69, 9.17) is 14.6 Å². The molecular formula is C21H34N2O7. The predicted molar refractivity (Wildman–Crippen MR) is 109 cm³/mol. The van der Waals surface area contributed by atoms with E-state index in [1.165, 1.54) is 0 Å². The fourth-order valence-corrected chi connectivity index (χ4v) is 2.87. The summed E-state index contributed by atoms with van der Waals surface area (Å²) in [6.45, 7) is 6.87. The van der Waals surface area contributed by atoms with Gasteiger partial charge in [-0.15, -0.1) is 0 Å². The van der Waals surface area contributed by atoms with Gasteiger partial charge in [0.15, 0.2) is 0 Å². The van der Waals surface area contributed by atoms with E-state index >= 15 is 0 Å². The summed E-state index contributed by atoms with van der Waals surface area (Å²) in [5.74, 6) is -2.93. The molecular weight excluding hydrogens is 392 g/mol. The number of carbonyl (C=O) groups excluding carboxylic acids is 4. The summed E-state index contributed by atoms with van der Waals surface area (Å²) in [5.41, 5.74) is -0.648. The van der Waals surface area contributed by atoms with E-state index in [-0.39, 0.29) is 50.8 Å². The molecule has 3 N–H and O–H groups in total. The minimum absolute atomic E-state index is 0.0238. The van der Waals surface area contributed by atoms with Gasteiger partial charge in [0.2, 0.25) is 11.8 Å². The van der Waals surface area contributed by atoms with E-state index in [1.54, 1.807) is 39.8 Å². The highest BCUT2D eigenvalue weighted by atomic mass is 16.6. The molecule has 2 amide bonds. The van der Waals surface area contributed by atoms with Crippen molar-refractivity contribution in [1.29, 1.82) is 0 Å². The van der Waals surface area contributed by atoms with E-state index in [0.717, 1.165) is 0 Å². The lowest BCUT2D eigenvalue weighted by molar-refractivity contribution is -0.161. The monoisotopic (exact) mass is 426 g/mol. The second-order valence-corrected chi connectivity index (χ2v) is 8.44. The van der Waals surface area contributed by atoms with Crippen LogP contribution in [-0.2, 0) is 28.7 Å². The van der Waals surface area contributed by atoms with E-state index in [1.807, 2.05) is 0 Å². The highest BCUT2D eigenvalue weighted by Crippen LogP contribution is 2.19. The summed E-state index contributed by atoms with van der Waals surface area (Å²) in [5, 5.41) is 14.1. The molecule has 0 radical (unpaired) electrons. The van der Waals surface area contributed by atoms with Crippen LogP contribution < -0.4 is 10.6 Å². The highest BCUT2D eigenvalue weighted by molar-refractivity contribution is 5.86. The number of cyclic esters (lactones) is 1. The third-order valence-electron chi connectivity index (χ3n) is 4.28. The summed E-state index contributed by atoms with van der Waals surface area (Å²) in [6, 6.07) is -0.449. The van der Waals surface area contributed by atoms with Gasteiger partial charge in [-0.25, -0.2) is 0 Å². The average molecular weight is 427 g/mol. The molecule has 3 atom stereocenters. The molecule has 0 fully saturated rings. The fourth-order valence-electron chi connectivity index (χ4n) is 2.87. The Bertz CT molecular complexity index is 640. The number of carbonyl (C=O) groups is 4. The summed E-state index contributed by atoms with van der Waals surface area (Å²) < 4.78 is 10.6. The number of hydrogen-bond donors (Lipinski definition) is 3. The molecule has 1 aliphatic heterocycles. The van der Waals surface area contributed by atoms with Crippen LogP contribution in [0, 0.1) is 11.8 Å². The Morgan fingerprint density at radius 3 is 2.43 bits per heavy atom. The molecule has 0 unspecified atom stereocenters. The Labute approximate surface area is 177 Å². The third-order valence-corrected chi connectivity index (χ3v) is 4.28. The van der Waals surface area contributed by atoms with Gasteiger partial charge in [-0.1, -0.05) is 12.2 Å². The number of rotatable bonds is 6. The standard InChI is InChI=1S/C21H34N2O7/c1-14-13-29-20(28)16(12-18(26)30-21(2,3)4)8-6-5-7-15(19(27)23-14)11-17(25)22-9-10-24/h5-6,14-16,24H,7-13H2,1-4H3,(H,22,25)(H,23,27)/b6-5-/t14-,15+,16-/m1/s1. The zero-order valence-corrected chi connectivity index (χ0v) is 18.2. The summed E-state index contributed by atoms with van der Waals surface area (Å²) in [6.07, 6.45) is 3.88. The molecule has 0 bridgehead atoms. The second kappa shape index (κ2) is 12.3. The Kier molecular flexibility index (Phi) is 10.5. The first-order valence-electron chi connectivity index (χ1n) is 10.2. The Morgan fingerprint density at radius 1 is 1.20 bits per heavy atom. The van der Waals surface area contributed by atoms with Crippen LogP contribution in [0.1, 0.15) is 53.4 Å². The van der Waals surface area contributed by atoms with Crippen LogP contribution in [-0.4, -0.2) is 60.3 Å². The zero-order chi connectivity index (χ0) is 22.7. The molecule has 0 saturated carbocycles. The second-order valence-electron chi connectivity index (χ2n) is 8.44. The maximum Gasteiger partial charge on any atom is 0.309 e. The molecule has 30 heavy (non-hydrogen) atoms. The molecule has 0 aliphatic carbocycles. The van der Waals surface area contributed by atoms with Gasteiger partial charge in [0.1, 0.15) is 12.2 Å². The molecule has 0 aromatic heterocycles. The van der Waals surface area contributed by atoms with Crippen LogP contribution in [0.15, 0.2) is 12.2 Å². The largest absolute Gasteiger partial charge is 0.463 e. The predicted octanol–water partition coefficient (Wildman–Crippen LogP) is 0.847. The van der Waals surface area contributed by atoms with Crippen LogP contribution in [0.5, 0.6) is 0 Å². The van der Waals surface area contributed by atoms with E-state index in [2.05, 4.69) is 10.6 Å². The molecule has 0 saturated heterocycles. The van der Waals surface area contributed by atoms with Gasteiger partial charge in [0.25, 0.3) is 0 Å². The topological polar surface area (TPSA) is 131 Å². The number of aliphatic hydroxyl groups excluding tert-OH is 1. The maximum atomic E-state index is 12.5. The Hall–Kier alpha value is -2.42. The Balaban J connectivity index is 2.85. The van der Waals surface area contributed by atoms with Gasteiger partial charge in [0, 0.05) is 13.0 Å². The SMILES string of the molecule is C[C@@H]1COC(=O)[C@@H](CC(=O)OC(C)(C)C)C/C=C\C[C@@H](CC(=O)NCCO)C(=O)N1. The van der Waals surface area contributed by atoms with Gasteiger partial charge in [0.05, 0.1) is 30.9 Å². The van der Waals surface area contributed by atoms with Crippen molar-refractivity contribution < 1.29 is 33.8 Å². The molecule has 9 nitrogen and oxygen atoms in total. The summed E-state index contributed by atoms with van der Waals surface area (Å²) in [4.78, 5) is 49.0. The number of esters is 2. The normalized spacial score (nSPS) is 24.5. The van der Waals surface area contributed by atoms with Crippen molar-refractivity contribution in [3.05, 3.63) is 12.2 Å². The molecule has 1 aliphatic rings. The van der Waals surface area contributed by atoms with E-state index < -0.39 is 35.4 Å². The smallest absolute Gasteiger partial charge is 0.309 e. The van der Waals surface area contributed by atoms with Crippen molar-refractivity contribution in [3.63, 3.8) is 0 Å². The van der Waals surface area contributed by atoms with E-state index in [0.29, 0.717) is 6.42 Å². The molecule has 9 heteroatoms. The minimum Gasteiger partial charge on any atom is -0.463 e. The number of ether oxygens (including phenoxy) is 2. The van der Waals surface area contributed by atoms with Gasteiger partial charge in [-0.05, 0) is 40.5 Å². The van der Waals surface area contributed by atoms with Gasteiger partial charge >= 0.3 is 11.9 Å². The fraction of sp³-hybridized carbons (Fsp3) is 0.714. The summed E-state index contributed by atoms with van der Waals surface area (Å²) >= 11 is 0. The van der Waals surface area contributed by atoms with Crippen LogP contribution in [0.25, 0.3) is 0 Å². The van der Waals surface area contributed by atoms with Gasteiger partial charge in [-0.2, -0.15) is 0 Å². The average Bonchev–Trinajstić information content (AvgIpc) is 2.63. The number of allylic oxidation sites excluding steroid dienone is 2. The number of aliphatic hydroxyl groups is 1. The number of amides is 2. The molecule has 170 valence electrons. The minimum atomic E-state index is -0.690. The molecule has 0 aromatic rings. The lowest BCUT2D eigenvalue weighted by Gasteiger charge is -2.23. The highest BCUT2D eigenvalue weighted by Gasteiger charge is 2.28. The van der Waals surface area contributed by atoms with Crippen molar-refractivity contribution >= 4 is 23.8 Å². The van der Waals surface area contributed by atoms with E-state index in [9.17, 15) is 19.2 Å². The number of hydrogen-bond acceptors (Lipinski definition) is 7. The van der Waals surface area contributed by atoms with Crippen molar-refractivity contribution in [2.75, 3.05) is 19.8 Å². The molecule has 0 aromatic carbocycles. The van der Waals surface area contributed by atoms with Crippen molar-refractivity contribution in [3.8, 4) is 0 Å². The first-order chi connectivity index (χ1) is 14.0. The van der Waals surface area contributed by atoms with Crippen LogP contribution in [0.2, 0.25) is 0 Å². The van der Waals surface area contributed by atoms with Gasteiger partial charge in [-0.3, -0.25) is 19.2 Å². The van der Waals surface area contributed by atoms with Crippen LogP contribution in [0.3, 0.4) is 0 Å². The first kappa shape index (κ1) is 25.6. The zero-order valence-electron chi connectivity index (χ0n) is 18.2. The number of nitrogens with one attached hydrogen (secondary N) is 2. The maximum absolute atomic E-state index is 12.5. The molecule has 0 spiro atoms. The lowest BCUT2D eigenvalue weighted by Crippen LogP contribution is -2.42. The molecule has 1 heterocycles. The van der Waals surface area contributed by atoms with Crippen LogP contribution >= 0.6 is 0 Å². The summed E-state index contributed by atoms with van der Waals surface area (Å²) in [7, 11) is 0. The van der Waals surface area contributed by atoms with Crippen molar-refractivity contribution in [1.82, 2.24) is 10.6 Å². The third kappa shape index (κ3) is 10.4. The van der Waals surface area contributed by atoms with Crippen molar-refractivity contribution in [2.24, 2.45) is 11.8 Å². The quantitative estimate of drug-likeness (QED) is 0.424. The van der Waals surface area contributed by atoms with Crippen LogP contribution in [0.4, 0.5) is 0 Å². The Morgan fingerprint density at radius 2 is 1.83 bits per heavy atom. The lowest BCUT2D eigenvalue weighted by atomic mass is 9.96. The van der Waals surface area contributed by atoms with Crippen molar-refractivity contribution in [2.45, 2.75) is 65.0 Å². The molecule has 1 rings (SSSR count). The first-order valence-corrected chi connectivity index (χ1v) is 10.2.